The first-order valence-electron chi connectivity index (χ1n) is 7.56. The lowest BCUT2D eigenvalue weighted by atomic mass is 9.93. The van der Waals surface area contributed by atoms with E-state index in [4.69, 9.17) is 0 Å². The van der Waals surface area contributed by atoms with Gasteiger partial charge in [-0.05, 0) is 51.7 Å². The zero-order valence-electron chi connectivity index (χ0n) is 12.6. The van der Waals surface area contributed by atoms with Crippen LogP contribution in [0.4, 0.5) is 4.79 Å². The van der Waals surface area contributed by atoms with Crippen molar-refractivity contribution in [3.63, 3.8) is 0 Å². The second-order valence-corrected chi connectivity index (χ2v) is 5.38. The first-order valence-corrected chi connectivity index (χ1v) is 7.56. The quantitative estimate of drug-likeness (QED) is 0.589. The van der Waals surface area contributed by atoms with Gasteiger partial charge in [0.1, 0.15) is 5.54 Å². The van der Waals surface area contributed by atoms with E-state index in [0.29, 0.717) is 19.4 Å². The van der Waals surface area contributed by atoms with Crippen molar-refractivity contribution < 1.29 is 14.7 Å². The number of hydrogen-bond donors (Lipinski definition) is 3. The summed E-state index contributed by atoms with van der Waals surface area (Å²) in [5, 5.41) is 14.6. The SMILES string of the molecule is CCC(CC)(NC(=O)NCCCN1CCCC1)C(=O)O. The number of likely N-dealkylation sites (tertiary alicyclic amines) is 1. The molecule has 1 rings (SSSR count). The van der Waals surface area contributed by atoms with Crippen LogP contribution in [0.2, 0.25) is 0 Å². The van der Waals surface area contributed by atoms with Crippen molar-refractivity contribution >= 4 is 12.0 Å². The summed E-state index contributed by atoms with van der Waals surface area (Å²) in [6.07, 6.45) is 4.18. The highest BCUT2D eigenvalue weighted by Gasteiger charge is 2.36. The predicted molar refractivity (Wildman–Crippen MR) is 77.8 cm³/mol. The van der Waals surface area contributed by atoms with Gasteiger partial charge in [0.25, 0.3) is 0 Å². The summed E-state index contributed by atoms with van der Waals surface area (Å²) in [6, 6.07) is -0.391. The summed E-state index contributed by atoms with van der Waals surface area (Å²) < 4.78 is 0. The van der Waals surface area contributed by atoms with Crippen LogP contribution in [-0.4, -0.2) is 53.7 Å². The van der Waals surface area contributed by atoms with Gasteiger partial charge >= 0.3 is 12.0 Å². The first-order chi connectivity index (χ1) is 9.54. The van der Waals surface area contributed by atoms with E-state index in [9.17, 15) is 14.7 Å². The van der Waals surface area contributed by atoms with Gasteiger partial charge < -0.3 is 20.6 Å². The monoisotopic (exact) mass is 285 g/mol. The molecule has 1 aliphatic rings. The molecule has 20 heavy (non-hydrogen) atoms. The van der Waals surface area contributed by atoms with Gasteiger partial charge in [-0.1, -0.05) is 13.8 Å². The van der Waals surface area contributed by atoms with Crippen LogP contribution in [0.3, 0.4) is 0 Å². The largest absolute Gasteiger partial charge is 0.480 e. The summed E-state index contributed by atoms with van der Waals surface area (Å²) in [5.74, 6) is -0.977. The summed E-state index contributed by atoms with van der Waals surface area (Å²) in [4.78, 5) is 25.4. The molecule has 0 aromatic rings. The van der Waals surface area contributed by atoms with Crippen molar-refractivity contribution in [2.45, 2.75) is 51.5 Å². The molecule has 2 amide bonds. The summed E-state index contributed by atoms with van der Waals surface area (Å²) in [6.45, 7) is 7.41. The molecule has 0 saturated carbocycles. The Morgan fingerprint density at radius 1 is 1.20 bits per heavy atom. The van der Waals surface area contributed by atoms with Crippen LogP contribution >= 0.6 is 0 Å². The van der Waals surface area contributed by atoms with Crippen molar-refractivity contribution in [2.24, 2.45) is 0 Å². The summed E-state index contributed by atoms with van der Waals surface area (Å²) >= 11 is 0. The van der Waals surface area contributed by atoms with Crippen LogP contribution in [0.25, 0.3) is 0 Å². The third kappa shape index (κ3) is 4.67. The van der Waals surface area contributed by atoms with E-state index >= 15 is 0 Å². The maximum Gasteiger partial charge on any atom is 0.329 e. The lowest BCUT2D eigenvalue weighted by molar-refractivity contribution is -0.144. The number of amides is 2. The zero-order valence-corrected chi connectivity index (χ0v) is 12.6. The molecule has 0 aromatic heterocycles. The maximum atomic E-state index is 11.8. The van der Waals surface area contributed by atoms with E-state index in [2.05, 4.69) is 15.5 Å². The van der Waals surface area contributed by atoms with E-state index in [1.54, 1.807) is 13.8 Å². The van der Waals surface area contributed by atoms with E-state index in [0.717, 1.165) is 26.1 Å². The molecule has 1 saturated heterocycles. The minimum Gasteiger partial charge on any atom is -0.480 e. The van der Waals surface area contributed by atoms with Gasteiger partial charge in [-0.3, -0.25) is 0 Å². The Hall–Kier alpha value is -1.30. The molecule has 0 atom stereocenters. The van der Waals surface area contributed by atoms with Crippen molar-refractivity contribution in [1.29, 1.82) is 0 Å². The molecule has 1 aliphatic heterocycles. The number of aliphatic carboxylic acids is 1. The third-order valence-corrected chi connectivity index (χ3v) is 4.10. The second kappa shape index (κ2) is 8.09. The van der Waals surface area contributed by atoms with Crippen LogP contribution in [-0.2, 0) is 4.79 Å². The highest BCUT2D eigenvalue weighted by Crippen LogP contribution is 2.15. The van der Waals surface area contributed by atoms with Gasteiger partial charge in [0, 0.05) is 6.54 Å². The number of carboxylic acid groups (broad SMARTS) is 1. The number of rotatable bonds is 8. The number of nitrogens with zero attached hydrogens (tertiary/aromatic N) is 1. The van der Waals surface area contributed by atoms with Crippen molar-refractivity contribution in [2.75, 3.05) is 26.2 Å². The highest BCUT2D eigenvalue weighted by atomic mass is 16.4. The van der Waals surface area contributed by atoms with E-state index in [1.165, 1.54) is 12.8 Å². The van der Waals surface area contributed by atoms with Gasteiger partial charge in [-0.2, -0.15) is 0 Å². The Balaban J connectivity index is 2.25. The number of nitrogens with one attached hydrogen (secondary N) is 2. The van der Waals surface area contributed by atoms with Gasteiger partial charge in [-0.15, -0.1) is 0 Å². The van der Waals surface area contributed by atoms with Crippen LogP contribution in [0.15, 0.2) is 0 Å². The Labute approximate surface area is 120 Å². The number of urea groups is 1. The lowest BCUT2D eigenvalue weighted by Crippen LogP contribution is -2.56. The fraction of sp³-hybridized carbons (Fsp3) is 0.857. The molecule has 1 fully saturated rings. The van der Waals surface area contributed by atoms with Crippen molar-refractivity contribution in [3.05, 3.63) is 0 Å². The van der Waals surface area contributed by atoms with Crippen LogP contribution in [0, 0.1) is 0 Å². The third-order valence-electron chi connectivity index (χ3n) is 4.10. The molecule has 6 heteroatoms. The topological polar surface area (TPSA) is 81.7 Å². The Kier molecular flexibility index (Phi) is 6.78. The number of hydrogen-bond acceptors (Lipinski definition) is 3. The Morgan fingerprint density at radius 2 is 1.80 bits per heavy atom. The molecule has 3 N–H and O–H groups in total. The standard InChI is InChI=1S/C14H27N3O3/c1-3-14(4-2,12(18)19)16-13(20)15-8-7-11-17-9-5-6-10-17/h3-11H2,1-2H3,(H,18,19)(H2,15,16,20). The van der Waals surface area contributed by atoms with E-state index in [-0.39, 0.29) is 0 Å². The molecule has 0 aliphatic carbocycles. The predicted octanol–water partition coefficient (Wildman–Crippen LogP) is 1.41. The molecule has 1 heterocycles. The van der Waals surface area contributed by atoms with Gasteiger partial charge in [0.05, 0.1) is 0 Å². The molecule has 0 bridgehead atoms. The van der Waals surface area contributed by atoms with E-state index < -0.39 is 17.5 Å². The smallest absolute Gasteiger partial charge is 0.329 e. The number of carbonyl (C=O) groups excluding carboxylic acids is 1. The Morgan fingerprint density at radius 3 is 2.30 bits per heavy atom. The van der Waals surface area contributed by atoms with Gasteiger partial charge in [0.15, 0.2) is 0 Å². The lowest BCUT2D eigenvalue weighted by Gasteiger charge is -2.28. The summed E-state index contributed by atoms with van der Waals surface area (Å²) in [7, 11) is 0. The first kappa shape index (κ1) is 16.8. The fourth-order valence-corrected chi connectivity index (χ4v) is 2.56. The molecule has 6 nitrogen and oxygen atoms in total. The summed E-state index contributed by atoms with van der Waals surface area (Å²) in [5.41, 5.74) is -1.15. The number of carboxylic acids is 1. The average molecular weight is 285 g/mol. The molecule has 0 unspecified atom stereocenters. The van der Waals surface area contributed by atoms with Crippen molar-refractivity contribution in [3.8, 4) is 0 Å². The maximum absolute atomic E-state index is 11.8. The second-order valence-electron chi connectivity index (χ2n) is 5.38. The molecular weight excluding hydrogens is 258 g/mol. The minimum atomic E-state index is -1.15. The molecule has 0 spiro atoms. The molecule has 0 radical (unpaired) electrons. The average Bonchev–Trinajstić information content (AvgIpc) is 2.94. The number of carbonyl (C=O) groups is 2. The van der Waals surface area contributed by atoms with Crippen molar-refractivity contribution in [1.82, 2.24) is 15.5 Å². The van der Waals surface area contributed by atoms with Crippen LogP contribution in [0.1, 0.15) is 46.0 Å². The van der Waals surface area contributed by atoms with Gasteiger partial charge in [0.2, 0.25) is 0 Å². The fourth-order valence-electron chi connectivity index (χ4n) is 2.56. The van der Waals surface area contributed by atoms with E-state index in [1.807, 2.05) is 0 Å². The highest BCUT2D eigenvalue weighted by molar-refractivity contribution is 5.86. The Bertz CT molecular complexity index is 324. The van der Waals surface area contributed by atoms with Crippen LogP contribution in [0.5, 0.6) is 0 Å². The molecule has 116 valence electrons. The zero-order chi connectivity index (χ0) is 15.0. The normalized spacial score (nSPS) is 16.1. The molecule has 0 aromatic carbocycles. The molecular formula is C14H27N3O3. The van der Waals surface area contributed by atoms with Gasteiger partial charge in [-0.25, -0.2) is 9.59 Å². The minimum absolute atomic E-state index is 0.375. The van der Waals surface area contributed by atoms with Crippen LogP contribution < -0.4 is 10.6 Å².